The molecule has 0 unspecified atom stereocenters. The molecule has 0 aliphatic carbocycles. The van der Waals surface area contributed by atoms with Crippen LogP contribution in [0.2, 0.25) is 5.02 Å². The summed E-state index contributed by atoms with van der Waals surface area (Å²) in [6, 6.07) is 4.53. The largest absolute Gasteiger partial charge is 0.481 e. The molecule has 0 aliphatic heterocycles. The lowest BCUT2D eigenvalue weighted by molar-refractivity contribution is -0.138. The topological polar surface area (TPSA) is 71.4 Å². The number of rotatable bonds is 4. The van der Waals surface area contributed by atoms with Crippen LogP contribution in [0.25, 0.3) is 0 Å². The summed E-state index contributed by atoms with van der Waals surface area (Å²) in [5.41, 5.74) is 0.0909. The molecule has 1 rings (SSSR count). The van der Waals surface area contributed by atoms with Crippen LogP contribution in [0, 0.1) is 0 Å². The van der Waals surface area contributed by atoms with Crippen LogP contribution in [-0.2, 0) is 20.0 Å². The Bertz CT molecular complexity index is 576. The normalized spacial score (nSPS) is 12.4. The SMILES string of the molecule is CC(C)(CC(=O)O)c1ccc(S(C)(=O)=O)c(Cl)c1. The van der Waals surface area contributed by atoms with Crippen molar-refractivity contribution in [3.05, 3.63) is 28.8 Å². The first-order chi connectivity index (χ1) is 8.04. The van der Waals surface area contributed by atoms with Crippen molar-refractivity contribution in [2.75, 3.05) is 6.26 Å². The fourth-order valence-electron chi connectivity index (χ4n) is 1.70. The van der Waals surface area contributed by atoms with Gasteiger partial charge in [-0.15, -0.1) is 0 Å². The summed E-state index contributed by atoms with van der Waals surface area (Å²) in [5, 5.41) is 8.95. The zero-order valence-corrected chi connectivity index (χ0v) is 12.0. The number of hydrogen-bond acceptors (Lipinski definition) is 3. The summed E-state index contributed by atoms with van der Waals surface area (Å²) in [7, 11) is -3.37. The Morgan fingerprint density at radius 3 is 2.33 bits per heavy atom. The van der Waals surface area contributed by atoms with Crippen molar-refractivity contribution >= 4 is 27.4 Å². The summed E-state index contributed by atoms with van der Waals surface area (Å²) < 4.78 is 22.8. The minimum absolute atomic E-state index is 0.0540. The zero-order chi connectivity index (χ0) is 14.1. The highest BCUT2D eigenvalue weighted by atomic mass is 35.5. The molecule has 6 heteroatoms. The number of carbonyl (C=O) groups is 1. The van der Waals surface area contributed by atoms with Crippen LogP contribution < -0.4 is 0 Å². The van der Waals surface area contributed by atoms with Gasteiger partial charge in [-0.05, 0) is 17.7 Å². The second kappa shape index (κ2) is 4.90. The van der Waals surface area contributed by atoms with Gasteiger partial charge in [0, 0.05) is 11.7 Å². The molecule has 0 saturated heterocycles. The van der Waals surface area contributed by atoms with Crippen LogP contribution in [0.3, 0.4) is 0 Å². The van der Waals surface area contributed by atoms with Gasteiger partial charge in [0.1, 0.15) is 0 Å². The monoisotopic (exact) mass is 290 g/mol. The molecule has 0 aliphatic rings. The summed E-state index contributed by atoms with van der Waals surface area (Å²) >= 11 is 5.93. The fourth-order valence-corrected chi connectivity index (χ4v) is 3.03. The Morgan fingerprint density at radius 2 is 1.94 bits per heavy atom. The van der Waals surface area contributed by atoms with Crippen LogP contribution in [0.15, 0.2) is 23.1 Å². The standard InChI is InChI=1S/C12H15ClO4S/c1-12(2,7-11(14)15)8-4-5-10(9(13)6-8)18(3,16)17/h4-6H,7H2,1-3H3,(H,14,15). The Balaban J connectivity index is 3.24. The average Bonchev–Trinajstić information content (AvgIpc) is 2.13. The minimum Gasteiger partial charge on any atom is -0.481 e. The van der Waals surface area contributed by atoms with Crippen LogP contribution in [0.1, 0.15) is 25.8 Å². The first kappa shape index (κ1) is 15.0. The molecule has 0 spiro atoms. The van der Waals surface area contributed by atoms with Gasteiger partial charge in [0.25, 0.3) is 0 Å². The molecule has 0 fully saturated rings. The van der Waals surface area contributed by atoms with E-state index in [-0.39, 0.29) is 16.3 Å². The molecule has 4 nitrogen and oxygen atoms in total. The van der Waals surface area contributed by atoms with Crippen molar-refractivity contribution < 1.29 is 18.3 Å². The highest BCUT2D eigenvalue weighted by Gasteiger charge is 2.25. The van der Waals surface area contributed by atoms with Gasteiger partial charge in [-0.3, -0.25) is 4.79 Å². The molecule has 100 valence electrons. The lowest BCUT2D eigenvalue weighted by Crippen LogP contribution is -2.21. The highest BCUT2D eigenvalue weighted by Crippen LogP contribution is 2.31. The summed E-state index contributed by atoms with van der Waals surface area (Å²) in [5.74, 6) is -0.914. The minimum atomic E-state index is -3.37. The number of aliphatic carboxylic acids is 1. The Labute approximate surface area is 112 Å². The first-order valence-electron chi connectivity index (χ1n) is 5.26. The van der Waals surface area contributed by atoms with Gasteiger partial charge >= 0.3 is 5.97 Å². The van der Waals surface area contributed by atoms with Gasteiger partial charge in [0.15, 0.2) is 9.84 Å². The summed E-state index contributed by atoms with van der Waals surface area (Å²) in [6.45, 7) is 3.54. The molecule has 1 aromatic carbocycles. The van der Waals surface area contributed by atoms with E-state index in [2.05, 4.69) is 0 Å². The van der Waals surface area contributed by atoms with Crippen LogP contribution >= 0.6 is 11.6 Å². The van der Waals surface area contributed by atoms with E-state index < -0.39 is 21.2 Å². The number of hydrogen-bond donors (Lipinski definition) is 1. The van der Waals surface area contributed by atoms with Gasteiger partial charge in [0.05, 0.1) is 16.3 Å². The average molecular weight is 291 g/mol. The Hall–Kier alpha value is -1.07. The molecule has 0 heterocycles. The molecule has 0 amide bonds. The number of halogens is 1. The van der Waals surface area contributed by atoms with Crippen molar-refractivity contribution in [1.29, 1.82) is 0 Å². The molecule has 0 saturated carbocycles. The van der Waals surface area contributed by atoms with E-state index >= 15 is 0 Å². The third-order valence-corrected chi connectivity index (χ3v) is 4.29. The number of sulfone groups is 1. The molecule has 18 heavy (non-hydrogen) atoms. The molecule has 1 aromatic rings. The third kappa shape index (κ3) is 3.46. The third-order valence-electron chi connectivity index (χ3n) is 2.71. The van der Waals surface area contributed by atoms with Gasteiger partial charge < -0.3 is 5.11 Å². The van der Waals surface area contributed by atoms with Crippen LogP contribution in [0.4, 0.5) is 0 Å². The van der Waals surface area contributed by atoms with E-state index in [9.17, 15) is 13.2 Å². The molecule has 0 aromatic heterocycles. The van der Waals surface area contributed by atoms with Crippen molar-refractivity contribution in [2.45, 2.75) is 30.6 Å². The van der Waals surface area contributed by atoms with E-state index in [1.165, 1.54) is 12.1 Å². The van der Waals surface area contributed by atoms with E-state index in [1.807, 2.05) is 0 Å². The molecular formula is C12H15ClO4S. The Morgan fingerprint density at radius 1 is 1.39 bits per heavy atom. The molecule has 0 bridgehead atoms. The van der Waals surface area contributed by atoms with Gasteiger partial charge in [-0.1, -0.05) is 31.5 Å². The molecular weight excluding hydrogens is 276 g/mol. The van der Waals surface area contributed by atoms with Gasteiger partial charge in [-0.25, -0.2) is 8.42 Å². The number of carboxylic acids is 1. The van der Waals surface area contributed by atoms with Crippen molar-refractivity contribution in [2.24, 2.45) is 0 Å². The molecule has 0 radical (unpaired) electrons. The summed E-state index contributed by atoms with van der Waals surface area (Å²) in [6.07, 6.45) is 1.03. The van der Waals surface area contributed by atoms with E-state index in [0.29, 0.717) is 5.56 Å². The van der Waals surface area contributed by atoms with E-state index in [0.717, 1.165) is 6.26 Å². The smallest absolute Gasteiger partial charge is 0.304 e. The second-order valence-corrected chi connectivity index (χ2v) is 7.26. The quantitative estimate of drug-likeness (QED) is 0.925. The molecule has 1 N–H and O–H groups in total. The summed E-state index contributed by atoms with van der Waals surface area (Å²) in [4.78, 5) is 10.8. The number of benzene rings is 1. The van der Waals surface area contributed by atoms with Gasteiger partial charge in [0.2, 0.25) is 0 Å². The maximum Gasteiger partial charge on any atom is 0.304 e. The van der Waals surface area contributed by atoms with Crippen molar-refractivity contribution in [3.8, 4) is 0 Å². The highest BCUT2D eigenvalue weighted by molar-refractivity contribution is 7.90. The Kier molecular flexibility index (Phi) is 4.08. The van der Waals surface area contributed by atoms with Crippen LogP contribution in [-0.4, -0.2) is 25.7 Å². The molecule has 0 atom stereocenters. The van der Waals surface area contributed by atoms with Gasteiger partial charge in [-0.2, -0.15) is 0 Å². The van der Waals surface area contributed by atoms with E-state index in [4.69, 9.17) is 16.7 Å². The maximum absolute atomic E-state index is 11.4. The van der Waals surface area contributed by atoms with Crippen LogP contribution in [0.5, 0.6) is 0 Å². The van der Waals surface area contributed by atoms with E-state index in [1.54, 1.807) is 19.9 Å². The number of carboxylic acid groups (broad SMARTS) is 1. The lowest BCUT2D eigenvalue weighted by Gasteiger charge is -2.23. The fraction of sp³-hybridized carbons (Fsp3) is 0.417. The second-order valence-electron chi connectivity index (χ2n) is 4.87. The van der Waals surface area contributed by atoms with Crippen molar-refractivity contribution in [3.63, 3.8) is 0 Å². The van der Waals surface area contributed by atoms with Crippen molar-refractivity contribution in [1.82, 2.24) is 0 Å². The maximum atomic E-state index is 11.4. The lowest BCUT2D eigenvalue weighted by atomic mass is 9.82. The predicted octanol–water partition coefficient (Wildman–Crippen LogP) is 2.50. The first-order valence-corrected chi connectivity index (χ1v) is 7.53. The zero-order valence-electron chi connectivity index (χ0n) is 10.4. The predicted molar refractivity (Wildman–Crippen MR) is 69.8 cm³/mol.